The second kappa shape index (κ2) is 4.03. The van der Waals surface area contributed by atoms with Crippen LogP contribution in [0.1, 0.15) is 23.4 Å². The van der Waals surface area contributed by atoms with E-state index in [4.69, 9.17) is 5.11 Å². The van der Waals surface area contributed by atoms with Crippen LogP contribution in [0.2, 0.25) is 0 Å². The van der Waals surface area contributed by atoms with E-state index in [1.54, 1.807) is 0 Å². The first kappa shape index (κ1) is 9.71. The van der Waals surface area contributed by atoms with Gasteiger partial charge < -0.3 is 5.11 Å². The summed E-state index contributed by atoms with van der Waals surface area (Å²) < 4.78 is 0. The fraction of sp³-hybridized carbons (Fsp3) is 0.400. The Labute approximate surface area is 77.4 Å². The van der Waals surface area contributed by atoms with Crippen molar-refractivity contribution in [1.29, 1.82) is 0 Å². The van der Waals surface area contributed by atoms with Gasteiger partial charge in [-0.2, -0.15) is 0 Å². The summed E-state index contributed by atoms with van der Waals surface area (Å²) in [6.45, 7) is 3.90. The van der Waals surface area contributed by atoms with Crippen LogP contribution < -0.4 is 0 Å². The minimum absolute atomic E-state index is 0.149. The van der Waals surface area contributed by atoms with Crippen LogP contribution in [0.4, 0.5) is 0 Å². The fourth-order valence-electron chi connectivity index (χ4n) is 1.29. The van der Waals surface area contributed by atoms with Crippen LogP contribution in [0.5, 0.6) is 0 Å². The third-order valence-electron chi connectivity index (χ3n) is 1.75. The largest absolute Gasteiger partial charge is 0.481 e. The van der Waals surface area contributed by atoms with Crippen molar-refractivity contribution in [3.05, 3.63) is 29.1 Å². The van der Waals surface area contributed by atoms with Crippen LogP contribution in [0.15, 0.2) is 12.1 Å². The molecule has 0 aliphatic carbocycles. The Bertz CT molecular complexity index is 300. The van der Waals surface area contributed by atoms with Gasteiger partial charge in [-0.1, -0.05) is 0 Å². The maximum Gasteiger partial charge on any atom is 0.303 e. The number of aromatic nitrogens is 1. The van der Waals surface area contributed by atoms with E-state index >= 15 is 0 Å². The highest BCUT2D eigenvalue weighted by atomic mass is 16.4. The lowest BCUT2D eigenvalue weighted by atomic mass is 10.1. The number of rotatable bonds is 3. The second-order valence-electron chi connectivity index (χ2n) is 3.17. The molecule has 0 spiro atoms. The van der Waals surface area contributed by atoms with Crippen LogP contribution in [-0.2, 0) is 11.2 Å². The zero-order chi connectivity index (χ0) is 9.84. The second-order valence-corrected chi connectivity index (χ2v) is 3.17. The lowest BCUT2D eigenvalue weighted by Crippen LogP contribution is -2.00. The van der Waals surface area contributed by atoms with Gasteiger partial charge in [0.15, 0.2) is 0 Å². The number of aliphatic carboxylic acids is 1. The van der Waals surface area contributed by atoms with E-state index in [9.17, 15) is 4.79 Å². The molecule has 0 atom stereocenters. The molecule has 0 fully saturated rings. The van der Waals surface area contributed by atoms with Gasteiger partial charge >= 0.3 is 5.97 Å². The van der Waals surface area contributed by atoms with E-state index < -0.39 is 5.97 Å². The number of carbonyl (C=O) groups is 1. The van der Waals surface area contributed by atoms with Gasteiger partial charge in [0.1, 0.15) is 0 Å². The van der Waals surface area contributed by atoms with E-state index in [-0.39, 0.29) is 6.42 Å². The van der Waals surface area contributed by atoms with Gasteiger partial charge in [-0.25, -0.2) is 0 Å². The maximum atomic E-state index is 10.3. The van der Waals surface area contributed by atoms with Crippen molar-refractivity contribution in [2.24, 2.45) is 0 Å². The Balaban J connectivity index is 2.71. The summed E-state index contributed by atoms with van der Waals surface area (Å²) in [6.07, 6.45) is 0.660. The molecule has 0 saturated heterocycles. The van der Waals surface area contributed by atoms with Crippen molar-refractivity contribution in [1.82, 2.24) is 4.98 Å². The Morgan fingerprint density at radius 2 is 2.15 bits per heavy atom. The predicted octanol–water partition coefficient (Wildman–Crippen LogP) is 1.72. The molecule has 1 aromatic rings. The summed E-state index contributed by atoms with van der Waals surface area (Å²) >= 11 is 0. The van der Waals surface area contributed by atoms with Crippen molar-refractivity contribution in [3.8, 4) is 0 Å². The van der Waals surface area contributed by atoms with Crippen LogP contribution in [0.25, 0.3) is 0 Å². The molecule has 0 aliphatic rings. The molecule has 0 aromatic carbocycles. The van der Waals surface area contributed by atoms with E-state index in [0.717, 1.165) is 17.0 Å². The summed E-state index contributed by atoms with van der Waals surface area (Å²) in [7, 11) is 0. The molecule has 3 heteroatoms. The highest BCUT2D eigenvalue weighted by Gasteiger charge is 2.01. The van der Waals surface area contributed by atoms with Crippen LogP contribution >= 0.6 is 0 Å². The SMILES string of the molecule is Cc1cc(C)nc(CCC(=O)O)c1. The van der Waals surface area contributed by atoms with Gasteiger partial charge in [0, 0.05) is 17.8 Å². The zero-order valence-corrected chi connectivity index (χ0v) is 7.87. The van der Waals surface area contributed by atoms with Crippen molar-refractivity contribution in [2.75, 3.05) is 0 Å². The van der Waals surface area contributed by atoms with Crippen molar-refractivity contribution < 1.29 is 9.90 Å². The molecule has 0 saturated carbocycles. The summed E-state index contributed by atoms with van der Waals surface area (Å²) in [5.41, 5.74) is 2.94. The summed E-state index contributed by atoms with van der Waals surface area (Å²) in [6, 6.07) is 3.90. The topological polar surface area (TPSA) is 50.2 Å². The summed E-state index contributed by atoms with van der Waals surface area (Å²) in [5.74, 6) is -0.777. The Morgan fingerprint density at radius 3 is 2.69 bits per heavy atom. The van der Waals surface area contributed by atoms with Crippen LogP contribution in [0.3, 0.4) is 0 Å². The first-order valence-electron chi connectivity index (χ1n) is 4.24. The number of pyridine rings is 1. The molecule has 0 unspecified atom stereocenters. The van der Waals surface area contributed by atoms with Gasteiger partial charge in [0.05, 0.1) is 6.42 Å². The average molecular weight is 179 g/mol. The average Bonchev–Trinajstić information content (AvgIpc) is 1.99. The standard InChI is InChI=1S/C10H13NO2/c1-7-5-8(2)11-9(6-7)3-4-10(12)13/h5-6H,3-4H2,1-2H3,(H,12,13). The van der Waals surface area contributed by atoms with Gasteiger partial charge in [-0.15, -0.1) is 0 Å². The number of aryl methyl sites for hydroxylation is 3. The molecule has 1 heterocycles. The monoisotopic (exact) mass is 179 g/mol. The molecule has 1 N–H and O–H groups in total. The molecule has 0 amide bonds. The number of nitrogens with zero attached hydrogens (tertiary/aromatic N) is 1. The lowest BCUT2D eigenvalue weighted by Gasteiger charge is -2.01. The third kappa shape index (κ3) is 3.23. The van der Waals surface area contributed by atoms with Gasteiger partial charge in [-0.3, -0.25) is 9.78 Å². The molecule has 0 radical (unpaired) electrons. The minimum Gasteiger partial charge on any atom is -0.481 e. The normalized spacial score (nSPS) is 10.0. The van der Waals surface area contributed by atoms with Crippen LogP contribution in [-0.4, -0.2) is 16.1 Å². The minimum atomic E-state index is -0.777. The third-order valence-corrected chi connectivity index (χ3v) is 1.75. The van der Waals surface area contributed by atoms with E-state index in [1.807, 2.05) is 26.0 Å². The quantitative estimate of drug-likeness (QED) is 0.768. The molecule has 70 valence electrons. The van der Waals surface area contributed by atoms with Gasteiger partial charge in [0.2, 0.25) is 0 Å². The molecule has 1 aromatic heterocycles. The van der Waals surface area contributed by atoms with Crippen molar-refractivity contribution in [2.45, 2.75) is 26.7 Å². The first-order valence-corrected chi connectivity index (χ1v) is 4.24. The Morgan fingerprint density at radius 1 is 1.46 bits per heavy atom. The lowest BCUT2D eigenvalue weighted by molar-refractivity contribution is -0.136. The molecule has 3 nitrogen and oxygen atoms in total. The van der Waals surface area contributed by atoms with Crippen molar-refractivity contribution in [3.63, 3.8) is 0 Å². The summed E-state index contributed by atoms with van der Waals surface area (Å²) in [5, 5.41) is 8.49. The Hall–Kier alpha value is -1.38. The van der Waals surface area contributed by atoms with E-state index in [0.29, 0.717) is 6.42 Å². The first-order chi connectivity index (χ1) is 6.08. The van der Waals surface area contributed by atoms with Crippen LogP contribution in [0, 0.1) is 13.8 Å². The molecule has 1 rings (SSSR count). The van der Waals surface area contributed by atoms with Gasteiger partial charge in [0.25, 0.3) is 0 Å². The fourth-order valence-corrected chi connectivity index (χ4v) is 1.29. The van der Waals surface area contributed by atoms with E-state index in [2.05, 4.69) is 4.98 Å². The number of hydrogen-bond acceptors (Lipinski definition) is 2. The number of hydrogen-bond donors (Lipinski definition) is 1. The van der Waals surface area contributed by atoms with Gasteiger partial charge in [-0.05, 0) is 31.5 Å². The highest BCUT2D eigenvalue weighted by Crippen LogP contribution is 2.06. The maximum absolute atomic E-state index is 10.3. The highest BCUT2D eigenvalue weighted by molar-refractivity contribution is 5.66. The number of carboxylic acid groups (broad SMARTS) is 1. The zero-order valence-electron chi connectivity index (χ0n) is 7.87. The smallest absolute Gasteiger partial charge is 0.303 e. The van der Waals surface area contributed by atoms with Crippen molar-refractivity contribution >= 4 is 5.97 Å². The molecule has 0 bridgehead atoms. The summed E-state index contributed by atoms with van der Waals surface area (Å²) in [4.78, 5) is 14.6. The molecular weight excluding hydrogens is 166 g/mol. The number of carboxylic acids is 1. The molecule has 0 aliphatic heterocycles. The molecule has 13 heavy (non-hydrogen) atoms. The molecular formula is C10H13NO2. The Kier molecular flexibility index (Phi) is 3.01. The predicted molar refractivity (Wildman–Crippen MR) is 49.7 cm³/mol. The van der Waals surface area contributed by atoms with E-state index in [1.165, 1.54) is 0 Å².